The van der Waals surface area contributed by atoms with Crippen molar-refractivity contribution in [1.29, 1.82) is 0 Å². The highest BCUT2D eigenvalue weighted by Crippen LogP contribution is 2.29. The summed E-state index contributed by atoms with van der Waals surface area (Å²) in [6, 6.07) is 11.7. The summed E-state index contributed by atoms with van der Waals surface area (Å²) in [5, 5.41) is 13.6. The maximum Gasteiger partial charge on any atom is 0.335 e. The van der Waals surface area contributed by atoms with Crippen LogP contribution in [0.15, 0.2) is 73.3 Å². The summed E-state index contributed by atoms with van der Waals surface area (Å²) in [5.74, 6) is 4.21. The van der Waals surface area contributed by atoms with E-state index in [9.17, 15) is 9.90 Å². The van der Waals surface area contributed by atoms with Gasteiger partial charge < -0.3 is 19.1 Å². The van der Waals surface area contributed by atoms with Gasteiger partial charge in [0, 0.05) is 37.9 Å². The van der Waals surface area contributed by atoms with E-state index in [4.69, 9.17) is 9.47 Å². The van der Waals surface area contributed by atoms with E-state index in [0.717, 1.165) is 24.1 Å². The van der Waals surface area contributed by atoms with Crippen molar-refractivity contribution < 1.29 is 28.2 Å². The number of hydrogen-bond donors (Lipinski definition) is 1. The van der Waals surface area contributed by atoms with Gasteiger partial charge in [0.2, 0.25) is 5.88 Å². The van der Waals surface area contributed by atoms with Crippen molar-refractivity contribution in [3.05, 3.63) is 119 Å². The van der Waals surface area contributed by atoms with Gasteiger partial charge in [0.15, 0.2) is 0 Å². The number of ether oxygens (including phenoxy) is 2. The number of carboxylic acid groups (broad SMARTS) is 1. The molecule has 0 saturated carbocycles. The molecule has 1 fully saturated rings. The van der Waals surface area contributed by atoms with Gasteiger partial charge in [0.25, 0.3) is 0 Å². The third-order valence-electron chi connectivity index (χ3n) is 7.85. The number of carbonyl (C=O) groups is 1. The Morgan fingerprint density at radius 3 is 2.67 bits per heavy atom. The van der Waals surface area contributed by atoms with Crippen LogP contribution in [0.3, 0.4) is 0 Å². The fourth-order valence-corrected chi connectivity index (χ4v) is 5.28. The molecule has 1 atom stereocenters. The number of aryl methyl sites for hydroxylation is 1. The first-order chi connectivity index (χ1) is 23.3. The molecule has 7 rings (SSSR count). The van der Waals surface area contributed by atoms with Crippen molar-refractivity contribution in [2.45, 2.75) is 32.1 Å². The minimum absolute atomic E-state index is 0.0156. The van der Waals surface area contributed by atoms with Crippen molar-refractivity contribution in [1.82, 2.24) is 34.3 Å². The molecule has 1 aliphatic rings. The third kappa shape index (κ3) is 6.60. The minimum atomic E-state index is -1.07. The van der Waals surface area contributed by atoms with Crippen LogP contribution in [0, 0.1) is 23.5 Å². The molecule has 0 spiro atoms. The quantitative estimate of drug-likeness (QED) is 0.217. The molecular weight excluding hydrogens is 620 g/mol. The monoisotopic (exact) mass is 647 g/mol. The molecule has 0 bridgehead atoms. The number of imidazole rings is 1. The lowest BCUT2D eigenvalue weighted by molar-refractivity contribution is -0.0589. The fourth-order valence-electron chi connectivity index (χ4n) is 5.28. The maximum absolute atomic E-state index is 15.6. The number of benzene rings is 2. The van der Waals surface area contributed by atoms with Gasteiger partial charge in [-0.2, -0.15) is 5.10 Å². The Bertz CT molecular complexity index is 2220. The summed E-state index contributed by atoms with van der Waals surface area (Å²) in [6.07, 6.45) is 7.29. The number of nitrogens with zero attached hydrogens (tertiary/aromatic N) is 7. The van der Waals surface area contributed by atoms with E-state index < -0.39 is 17.6 Å². The number of halogens is 2. The lowest BCUT2D eigenvalue weighted by atomic mass is 10.0. The van der Waals surface area contributed by atoms with Crippen molar-refractivity contribution >= 4 is 17.0 Å². The van der Waals surface area contributed by atoms with Gasteiger partial charge in [-0.15, -0.1) is 0 Å². The Hall–Kier alpha value is -6.00. The maximum atomic E-state index is 15.6. The topological polar surface area (TPSA) is 130 Å². The fraction of sp³-hybridized carbons (Fsp3) is 0.200. The average Bonchev–Trinajstić information content (AvgIpc) is 3.64. The number of pyridine rings is 1. The van der Waals surface area contributed by atoms with E-state index in [0.29, 0.717) is 41.4 Å². The molecule has 13 heteroatoms. The summed E-state index contributed by atoms with van der Waals surface area (Å²) in [6.45, 7) is 1.11. The van der Waals surface area contributed by atoms with E-state index in [1.807, 2.05) is 11.6 Å². The molecule has 2 aromatic carbocycles. The van der Waals surface area contributed by atoms with Gasteiger partial charge in [0.1, 0.15) is 29.8 Å². The first-order valence-corrected chi connectivity index (χ1v) is 15.0. The summed E-state index contributed by atoms with van der Waals surface area (Å²) < 4.78 is 46.0. The Labute approximate surface area is 272 Å². The predicted molar refractivity (Wildman–Crippen MR) is 169 cm³/mol. The van der Waals surface area contributed by atoms with Gasteiger partial charge in [-0.05, 0) is 54.3 Å². The first-order valence-electron chi connectivity index (χ1n) is 15.0. The molecule has 6 aromatic rings. The number of fused-ring (bicyclic) bond motifs is 1. The number of rotatable bonds is 9. The molecule has 4 aromatic heterocycles. The van der Waals surface area contributed by atoms with Crippen LogP contribution in [-0.2, 0) is 31.4 Å². The van der Waals surface area contributed by atoms with Crippen molar-refractivity contribution in [3.8, 4) is 29.0 Å². The van der Waals surface area contributed by atoms with Crippen LogP contribution < -0.4 is 4.74 Å². The Balaban J connectivity index is 1.07. The molecular formula is C35H27F2N7O4. The van der Waals surface area contributed by atoms with E-state index in [-0.39, 0.29) is 47.4 Å². The molecule has 1 aliphatic heterocycles. The molecule has 0 radical (unpaired) electrons. The zero-order chi connectivity index (χ0) is 33.2. The zero-order valence-corrected chi connectivity index (χ0v) is 25.6. The highest BCUT2D eigenvalue weighted by Gasteiger charge is 2.24. The Morgan fingerprint density at radius 2 is 1.94 bits per heavy atom. The molecule has 0 aliphatic carbocycles. The molecule has 1 unspecified atom stereocenters. The SMILES string of the molecule is Cn1cc(C#Cc2cnc(COc3cccc(-c4cc(F)c(Cc5nc6ccc(C(=O)O)cc6n5CC5CCO5)cc4F)n3)cn2)cn1. The third-order valence-corrected chi connectivity index (χ3v) is 7.85. The normalized spacial score (nSPS) is 13.9. The van der Waals surface area contributed by atoms with Crippen LogP contribution in [0.1, 0.15) is 45.1 Å². The zero-order valence-electron chi connectivity index (χ0n) is 25.6. The van der Waals surface area contributed by atoms with Gasteiger partial charge in [0.05, 0.1) is 64.8 Å². The van der Waals surface area contributed by atoms with E-state index in [2.05, 4.69) is 36.9 Å². The lowest BCUT2D eigenvalue weighted by Crippen LogP contribution is -2.31. The van der Waals surface area contributed by atoms with Gasteiger partial charge in [-0.25, -0.2) is 28.5 Å². The van der Waals surface area contributed by atoms with E-state index >= 15 is 8.78 Å². The lowest BCUT2D eigenvalue weighted by Gasteiger charge is -2.27. The van der Waals surface area contributed by atoms with Crippen LogP contribution in [0.5, 0.6) is 5.88 Å². The summed E-state index contributed by atoms with van der Waals surface area (Å²) in [5.41, 5.74) is 3.30. The molecule has 240 valence electrons. The minimum Gasteiger partial charge on any atom is -0.478 e. The molecule has 1 N–H and O–H groups in total. The van der Waals surface area contributed by atoms with Gasteiger partial charge >= 0.3 is 5.97 Å². The molecule has 1 saturated heterocycles. The van der Waals surface area contributed by atoms with Crippen LogP contribution in [0.2, 0.25) is 0 Å². The second-order valence-corrected chi connectivity index (χ2v) is 11.2. The largest absolute Gasteiger partial charge is 0.478 e. The second kappa shape index (κ2) is 13.0. The van der Waals surface area contributed by atoms with Gasteiger partial charge in [-0.3, -0.25) is 9.67 Å². The van der Waals surface area contributed by atoms with E-state index in [1.54, 1.807) is 47.5 Å². The summed E-state index contributed by atoms with van der Waals surface area (Å²) in [7, 11) is 1.81. The van der Waals surface area contributed by atoms with E-state index in [1.165, 1.54) is 18.3 Å². The predicted octanol–water partition coefficient (Wildman–Crippen LogP) is 4.96. The van der Waals surface area contributed by atoms with Crippen molar-refractivity contribution in [2.24, 2.45) is 7.05 Å². The average molecular weight is 648 g/mol. The van der Waals surface area contributed by atoms with Crippen LogP contribution in [0.4, 0.5) is 8.78 Å². The highest BCUT2D eigenvalue weighted by molar-refractivity contribution is 5.92. The molecule has 11 nitrogen and oxygen atoms in total. The molecule has 0 amide bonds. The van der Waals surface area contributed by atoms with Crippen LogP contribution in [0.25, 0.3) is 22.3 Å². The first kappa shape index (κ1) is 30.6. The van der Waals surface area contributed by atoms with Gasteiger partial charge in [-0.1, -0.05) is 12.0 Å². The summed E-state index contributed by atoms with van der Waals surface area (Å²) >= 11 is 0. The number of aromatic carboxylic acids is 1. The summed E-state index contributed by atoms with van der Waals surface area (Å²) in [4.78, 5) is 29.2. The standard InChI is InChI=1S/C35H27F2N7O4/c1-43-18-21(15-40-43)5-7-24-16-39-25(17-38-24)20-48-34-4-2-3-30(42-34)27-14-28(36)23(11-29(27)37)13-33-41-31-8-6-22(35(45)46)12-32(31)44(33)19-26-9-10-47-26/h2-4,6,8,11-12,14-18,26H,9-10,13,19-20H2,1H3,(H,45,46). The number of hydrogen-bond acceptors (Lipinski definition) is 8. The Kier molecular flexibility index (Phi) is 8.31. The second-order valence-electron chi connectivity index (χ2n) is 11.2. The molecule has 5 heterocycles. The van der Waals surface area contributed by atoms with Crippen LogP contribution >= 0.6 is 0 Å². The van der Waals surface area contributed by atoms with Crippen molar-refractivity contribution in [2.75, 3.05) is 6.61 Å². The van der Waals surface area contributed by atoms with Crippen molar-refractivity contribution in [3.63, 3.8) is 0 Å². The highest BCUT2D eigenvalue weighted by atomic mass is 19.1. The molecule has 48 heavy (non-hydrogen) atoms. The number of carboxylic acids is 1. The van der Waals surface area contributed by atoms with Crippen LogP contribution in [-0.4, -0.2) is 58.1 Å². The number of aromatic nitrogens is 7. The smallest absolute Gasteiger partial charge is 0.335 e. The Morgan fingerprint density at radius 1 is 1.06 bits per heavy atom.